The first-order valence-corrected chi connectivity index (χ1v) is 11.4. The zero-order chi connectivity index (χ0) is 24.2. The third-order valence-electron chi connectivity index (χ3n) is 4.74. The number of hydrogen-bond acceptors (Lipinski definition) is 5. The molecule has 0 fully saturated rings. The average molecular weight is 516 g/mol. The van der Waals surface area contributed by atoms with Crippen LogP contribution in [0.1, 0.15) is 55.7 Å². The van der Waals surface area contributed by atoms with Gasteiger partial charge in [-0.1, -0.05) is 37.3 Å². The lowest BCUT2D eigenvalue weighted by atomic mass is 9.98. The largest absolute Gasteiger partial charge is 0.465 e. The molecule has 0 aliphatic carbocycles. The molecule has 0 saturated heterocycles. The van der Waals surface area contributed by atoms with E-state index >= 15 is 4.39 Å². The molecule has 2 aromatic carbocycles. The van der Waals surface area contributed by atoms with Crippen LogP contribution in [0.5, 0.6) is 6.01 Å². The molecule has 6 nitrogen and oxygen atoms in total. The lowest BCUT2D eigenvalue weighted by Crippen LogP contribution is -2.24. The standard InChI is InChI=1S/C25H27BrFN3O3/c1-5-12-32-24-29-22(26)21(14-28)30(24)15-17-11-10-16(13-20(17)27)18-8-6-7-9-19(18)23(31)33-25(2,3)4/h6-11,13-14,28H,5,12,15H2,1-4H3. The number of benzene rings is 2. The molecule has 8 heteroatoms. The Morgan fingerprint density at radius 2 is 1.97 bits per heavy atom. The zero-order valence-corrected chi connectivity index (χ0v) is 20.7. The van der Waals surface area contributed by atoms with E-state index in [1.165, 1.54) is 6.07 Å². The molecule has 0 radical (unpaired) electrons. The van der Waals surface area contributed by atoms with Gasteiger partial charge in [0.1, 0.15) is 16.0 Å². The maximum Gasteiger partial charge on any atom is 0.339 e. The summed E-state index contributed by atoms with van der Waals surface area (Å²) in [6.45, 7) is 7.99. The lowest BCUT2D eigenvalue weighted by Gasteiger charge is -2.20. The fraction of sp³-hybridized carbons (Fsp3) is 0.320. The minimum absolute atomic E-state index is 0.141. The normalized spacial score (nSPS) is 11.3. The van der Waals surface area contributed by atoms with Gasteiger partial charge in [0.2, 0.25) is 0 Å². The van der Waals surface area contributed by atoms with Gasteiger partial charge in [-0.25, -0.2) is 9.18 Å². The van der Waals surface area contributed by atoms with Crippen molar-refractivity contribution in [3.8, 4) is 17.1 Å². The van der Waals surface area contributed by atoms with Crippen LogP contribution in [0.3, 0.4) is 0 Å². The van der Waals surface area contributed by atoms with Crippen LogP contribution >= 0.6 is 15.9 Å². The summed E-state index contributed by atoms with van der Waals surface area (Å²) >= 11 is 3.34. The molecule has 1 heterocycles. The molecule has 3 aromatic rings. The van der Waals surface area contributed by atoms with Crippen LogP contribution in [0.2, 0.25) is 0 Å². The number of hydrogen-bond donors (Lipinski definition) is 1. The molecule has 33 heavy (non-hydrogen) atoms. The van der Waals surface area contributed by atoms with Crippen molar-refractivity contribution in [2.75, 3.05) is 6.61 Å². The van der Waals surface area contributed by atoms with Crippen LogP contribution in [0.25, 0.3) is 11.1 Å². The van der Waals surface area contributed by atoms with E-state index in [-0.39, 0.29) is 6.54 Å². The average Bonchev–Trinajstić information content (AvgIpc) is 3.06. The van der Waals surface area contributed by atoms with Gasteiger partial charge >= 0.3 is 5.97 Å². The van der Waals surface area contributed by atoms with E-state index in [1.54, 1.807) is 61.7 Å². The lowest BCUT2D eigenvalue weighted by molar-refractivity contribution is 0.00704. The predicted molar refractivity (Wildman–Crippen MR) is 130 cm³/mol. The van der Waals surface area contributed by atoms with Crippen LogP contribution in [0.4, 0.5) is 4.39 Å². The molecule has 1 N–H and O–H groups in total. The summed E-state index contributed by atoms with van der Waals surface area (Å²) < 4.78 is 28.5. The van der Waals surface area contributed by atoms with Crippen molar-refractivity contribution in [3.05, 3.63) is 69.7 Å². The highest BCUT2D eigenvalue weighted by Crippen LogP contribution is 2.29. The molecule has 3 rings (SSSR count). The van der Waals surface area contributed by atoms with Gasteiger partial charge in [0.25, 0.3) is 6.01 Å². The summed E-state index contributed by atoms with van der Waals surface area (Å²) in [5.74, 6) is -0.895. The number of halogens is 2. The SMILES string of the molecule is CCCOc1nc(Br)c(C=N)n1Cc1ccc(-c2ccccc2C(=O)OC(C)(C)C)cc1F. The van der Waals surface area contributed by atoms with Crippen LogP contribution < -0.4 is 4.74 Å². The van der Waals surface area contributed by atoms with Crippen molar-refractivity contribution in [1.82, 2.24) is 9.55 Å². The van der Waals surface area contributed by atoms with Crippen molar-refractivity contribution < 1.29 is 18.7 Å². The molecule has 1 aromatic heterocycles. The van der Waals surface area contributed by atoms with Gasteiger partial charge in [-0.15, -0.1) is 0 Å². The van der Waals surface area contributed by atoms with Crippen LogP contribution in [-0.4, -0.2) is 33.9 Å². The van der Waals surface area contributed by atoms with Crippen molar-refractivity contribution in [2.45, 2.75) is 46.3 Å². The van der Waals surface area contributed by atoms with E-state index in [0.717, 1.165) is 12.6 Å². The Balaban J connectivity index is 1.95. The predicted octanol–water partition coefficient (Wildman–Crippen LogP) is 6.24. The summed E-state index contributed by atoms with van der Waals surface area (Å²) in [6.07, 6.45) is 1.95. The van der Waals surface area contributed by atoms with Crippen LogP contribution in [0, 0.1) is 11.2 Å². The number of carbonyl (C=O) groups excluding carboxylic acids is 1. The number of nitrogens with zero attached hydrogens (tertiary/aromatic N) is 2. The van der Waals surface area contributed by atoms with Gasteiger partial charge in [0.05, 0.1) is 24.4 Å². The second-order valence-corrected chi connectivity index (χ2v) is 9.25. The van der Waals surface area contributed by atoms with Crippen molar-refractivity contribution in [3.63, 3.8) is 0 Å². The smallest absolute Gasteiger partial charge is 0.339 e. The van der Waals surface area contributed by atoms with E-state index in [9.17, 15) is 4.79 Å². The first-order chi connectivity index (χ1) is 15.6. The van der Waals surface area contributed by atoms with E-state index in [0.29, 0.717) is 45.2 Å². The van der Waals surface area contributed by atoms with Gasteiger partial charge in [0.15, 0.2) is 0 Å². The van der Waals surface area contributed by atoms with Gasteiger partial charge in [-0.2, -0.15) is 4.98 Å². The second-order valence-electron chi connectivity index (χ2n) is 8.50. The molecule has 0 amide bonds. The Morgan fingerprint density at radius 3 is 2.61 bits per heavy atom. The van der Waals surface area contributed by atoms with Crippen molar-refractivity contribution >= 4 is 28.1 Å². The molecule has 0 saturated carbocycles. The highest BCUT2D eigenvalue weighted by Gasteiger charge is 2.22. The zero-order valence-electron chi connectivity index (χ0n) is 19.1. The maximum atomic E-state index is 15.2. The third-order valence-corrected chi connectivity index (χ3v) is 5.32. The fourth-order valence-corrected chi connectivity index (χ4v) is 3.75. The minimum atomic E-state index is -0.636. The molecule has 174 valence electrons. The number of esters is 1. The Morgan fingerprint density at radius 1 is 1.24 bits per heavy atom. The maximum absolute atomic E-state index is 15.2. The number of carbonyl (C=O) groups is 1. The van der Waals surface area contributed by atoms with E-state index in [1.807, 2.05) is 6.92 Å². The second kappa shape index (κ2) is 10.3. The van der Waals surface area contributed by atoms with Gasteiger partial charge < -0.3 is 14.9 Å². The fourth-order valence-electron chi connectivity index (χ4n) is 3.27. The molecule has 0 aliphatic heterocycles. The topological polar surface area (TPSA) is 77.2 Å². The van der Waals surface area contributed by atoms with Gasteiger partial charge in [-0.3, -0.25) is 4.57 Å². The van der Waals surface area contributed by atoms with Gasteiger partial charge in [-0.05, 0) is 66.4 Å². The van der Waals surface area contributed by atoms with Gasteiger partial charge in [0, 0.05) is 11.8 Å². The molecule has 0 bridgehead atoms. The Bertz CT molecular complexity index is 1170. The first-order valence-electron chi connectivity index (χ1n) is 10.6. The van der Waals surface area contributed by atoms with Crippen LogP contribution in [0.15, 0.2) is 47.1 Å². The molecular weight excluding hydrogens is 489 g/mol. The molecule has 0 spiro atoms. The van der Waals surface area contributed by atoms with Crippen molar-refractivity contribution in [2.24, 2.45) is 0 Å². The van der Waals surface area contributed by atoms with Crippen LogP contribution in [-0.2, 0) is 11.3 Å². The highest BCUT2D eigenvalue weighted by molar-refractivity contribution is 9.10. The molecular formula is C25H27BrFN3O3. The Hall–Kier alpha value is -3.00. The summed E-state index contributed by atoms with van der Waals surface area (Å²) in [7, 11) is 0. The summed E-state index contributed by atoms with van der Waals surface area (Å²) in [4.78, 5) is 17.0. The minimum Gasteiger partial charge on any atom is -0.465 e. The van der Waals surface area contributed by atoms with E-state index < -0.39 is 17.4 Å². The third kappa shape index (κ3) is 5.87. The first kappa shape index (κ1) is 24.6. The summed E-state index contributed by atoms with van der Waals surface area (Å²) in [6, 6.07) is 12.2. The highest BCUT2D eigenvalue weighted by atomic mass is 79.9. The number of aromatic nitrogens is 2. The van der Waals surface area contributed by atoms with Crippen molar-refractivity contribution in [1.29, 1.82) is 5.41 Å². The number of nitrogens with one attached hydrogen (secondary N) is 1. The molecule has 0 unspecified atom stereocenters. The number of ether oxygens (including phenoxy) is 2. The monoisotopic (exact) mass is 515 g/mol. The van der Waals surface area contributed by atoms with E-state index in [4.69, 9.17) is 14.9 Å². The Labute approximate surface area is 201 Å². The molecule has 0 aliphatic rings. The quantitative estimate of drug-likeness (QED) is 0.284. The summed E-state index contributed by atoms with van der Waals surface area (Å²) in [5, 5.41) is 7.70. The summed E-state index contributed by atoms with van der Waals surface area (Å²) in [5.41, 5.74) is 1.79. The number of imidazole rings is 1. The van der Waals surface area contributed by atoms with E-state index in [2.05, 4.69) is 20.9 Å². The molecule has 0 atom stereocenters. The number of rotatable bonds is 8. The Kier molecular flexibility index (Phi) is 7.68.